The van der Waals surface area contributed by atoms with Gasteiger partial charge in [-0.1, -0.05) is 32.0 Å². The van der Waals surface area contributed by atoms with Gasteiger partial charge in [0.25, 0.3) is 0 Å². The molecule has 0 spiro atoms. The molecule has 2 aromatic rings. The molecule has 0 aliphatic carbocycles. The number of aliphatic imine (C=N–C) groups is 1. The van der Waals surface area contributed by atoms with Crippen LogP contribution in [0.15, 0.2) is 34.6 Å². The summed E-state index contributed by atoms with van der Waals surface area (Å²) >= 11 is 1.61. The number of anilines is 1. The Morgan fingerprint density at radius 3 is 2.82 bits per heavy atom. The third-order valence-corrected chi connectivity index (χ3v) is 7.26. The van der Waals surface area contributed by atoms with E-state index in [0.717, 1.165) is 28.4 Å². The summed E-state index contributed by atoms with van der Waals surface area (Å²) in [7, 11) is -1.70. The third kappa shape index (κ3) is 4.82. The highest BCUT2D eigenvalue weighted by molar-refractivity contribution is 7.92. The van der Waals surface area contributed by atoms with Gasteiger partial charge in [0.2, 0.25) is 10.0 Å². The second-order valence-corrected chi connectivity index (χ2v) is 9.90. The van der Waals surface area contributed by atoms with E-state index in [1.807, 2.05) is 24.3 Å². The number of nitrogens with zero attached hydrogens (tertiary/aromatic N) is 3. The molecule has 0 unspecified atom stereocenters. The minimum absolute atomic E-state index is 0.0107. The zero-order valence-corrected chi connectivity index (χ0v) is 18.1. The van der Waals surface area contributed by atoms with E-state index in [1.165, 1.54) is 4.31 Å². The van der Waals surface area contributed by atoms with Gasteiger partial charge in [-0.2, -0.15) is 0 Å². The SMILES string of the molecule is CN=C(NCCS(=O)(=O)N1CCc2ccccc21)NCc1nc(C(C)C)cs1. The number of rotatable bonds is 7. The molecule has 0 radical (unpaired) electrons. The van der Waals surface area contributed by atoms with Crippen LogP contribution in [0.2, 0.25) is 0 Å². The van der Waals surface area contributed by atoms with Gasteiger partial charge in [0.1, 0.15) is 5.01 Å². The van der Waals surface area contributed by atoms with Gasteiger partial charge in [-0.15, -0.1) is 11.3 Å². The van der Waals surface area contributed by atoms with Crippen molar-refractivity contribution in [1.29, 1.82) is 0 Å². The van der Waals surface area contributed by atoms with Crippen molar-refractivity contribution in [2.24, 2.45) is 4.99 Å². The first-order valence-corrected chi connectivity index (χ1v) is 11.9. The van der Waals surface area contributed by atoms with Gasteiger partial charge in [-0.05, 0) is 24.0 Å². The number of para-hydroxylation sites is 1. The number of benzene rings is 1. The average Bonchev–Trinajstić information content (AvgIpc) is 3.31. The molecule has 1 aliphatic rings. The number of thiazole rings is 1. The molecule has 1 aromatic carbocycles. The topological polar surface area (TPSA) is 86.7 Å². The molecule has 1 aromatic heterocycles. The fourth-order valence-corrected chi connectivity index (χ4v) is 5.38. The largest absolute Gasteiger partial charge is 0.355 e. The van der Waals surface area contributed by atoms with Crippen LogP contribution in [0.4, 0.5) is 5.69 Å². The van der Waals surface area contributed by atoms with Crippen LogP contribution in [0, 0.1) is 0 Å². The predicted molar refractivity (Wildman–Crippen MR) is 116 cm³/mol. The zero-order valence-electron chi connectivity index (χ0n) is 16.5. The van der Waals surface area contributed by atoms with Crippen LogP contribution in [0.1, 0.15) is 36.0 Å². The van der Waals surface area contributed by atoms with E-state index in [-0.39, 0.29) is 12.3 Å². The van der Waals surface area contributed by atoms with Crippen LogP contribution in [0.25, 0.3) is 0 Å². The number of guanidine groups is 1. The summed E-state index contributed by atoms with van der Waals surface area (Å²) in [5.41, 5.74) is 2.97. The lowest BCUT2D eigenvalue weighted by Crippen LogP contribution is -2.41. The summed E-state index contributed by atoms with van der Waals surface area (Å²) in [6, 6.07) is 7.67. The van der Waals surface area contributed by atoms with Gasteiger partial charge in [0.15, 0.2) is 5.96 Å². The molecule has 0 fully saturated rings. The van der Waals surface area contributed by atoms with Crippen LogP contribution in [0.5, 0.6) is 0 Å². The lowest BCUT2D eigenvalue weighted by Gasteiger charge is -2.20. The minimum atomic E-state index is -3.37. The molecule has 28 heavy (non-hydrogen) atoms. The summed E-state index contributed by atoms with van der Waals surface area (Å²) < 4.78 is 27.0. The summed E-state index contributed by atoms with van der Waals surface area (Å²) in [5.74, 6) is 0.984. The highest BCUT2D eigenvalue weighted by atomic mass is 32.2. The van der Waals surface area contributed by atoms with Crippen LogP contribution < -0.4 is 14.9 Å². The second-order valence-electron chi connectivity index (χ2n) is 6.94. The van der Waals surface area contributed by atoms with Gasteiger partial charge < -0.3 is 10.6 Å². The number of sulfonamides is 1. The van der Waals surface area contributed by atoms with Gasteiger partial charge in [0, 0.05) is 25.5 Å². The van der Waals surface area contributed by atoms with Gasteiger partial charge in [-0.3, -0.25) is 9.30 Å². The van der Waals surface area contributed by atoms with Gasteiger partial charge in [0.05, 0.1) is 23.7 Å². The molecule has 1 aliphatic heterocycles. The normalized spacial score (nSPS) is 14.4. The van der Waals surface area contributed by atoms with Crippen LogP contribution in [0.3, 0.4) is 0 Å². The fraction of sp³-hybridized carbons (Fsp3) is 0.474. The number of hydrogen-bond acceptors (Lipinski definition) is 5. The van der Waals surface area contributed by atoms with E-state index >= 15 is 0 Å². The lowest BCUT2D eigenvalue weighted by atomic mass is 10.2. The van der Waals surface area contributed by atoms with Crippen LogP contribution >= 0.6 is 11.3 Å². The molecular weight excluding hydrogens is 394 g/mol. The van der Waals surface area contributed by atoms with Crippen molar-refractivity contribution < 1.29 is 8.42 Å². The maximum Gasteiger partial charge on any atom is 0.236 e. The zero-order chi connectivity index (χ0) is 20.1. The van der Waals surface area contributed by atoms with Crippen molar-refractivity contribution in [2.75, 3.05) is 30.2 Å². The van der Waals surface area contributed by atoms with E-state index in [4.69, 9.17) is 0 Å². The Morgan fingerprint density at radius 2 is 2.11 bits per heavy atom. The Morgan fingerprint density at radius 1 is 1.32 bits per heavy atom. The fourth-order valence-electron chi connectivity index (χ4n) is 3.06. The molecule has 0 bridgehead atoms. The maximum absolute atomic E-state index is 12.7. The van der Waals surface area contributed by atoms with E-state index in [0.29, 0.717) is 25.0 Å². The van der Waals surface area contributed by atoms with E-state index in [1.54, 1.807) is 18.4 Å². The molecule has 152 valence electrons. The van der Waals surface area contributed by atoms with Crippen LogP contribution in [-0.4, -0.2) is 45.3 Å². The van der Waals surface area contributed by atoms with Crippen LogP contribution in [-0.2, 0) is 23.0 Å². The highest BCUT2D eigenvalue weighted by Crippen LogP contribution is 2.29. The van der Waals surface area contributed by atoms with E-state index < -0.39 is 10.0 Å². The summed E-state index contributed by atoms with van der Waals surface area (Å²) in [5, 5.41) is 9.32. The second kappa shape index (κ2) is 8.91. The number of nitrogens with one attached hydrogen (secondary N) is 2. The minimum Gasteiger partial charge on any atom is -0.355 e. The Hall–Kier alpha value is -2.13. The highest BCUT2D eigenvalue weighted by Gasteiger charge is 2.28. The Kier molecular flexibility index (Phi) is 6.56. The summed E-state index contributed by atoms with van der Waals surface area (Å²) in [6.07, 6.45) is 0.762. The molecule has 0 saturated carbocycles. The van der Waals surface area contributed by atoms with Crippen molar-refractivity contribution in [2.45, 2.75) is 32.7 Å². The van der Waals surface area contributed by atoms with Crippen molar-refractivity contribution in [3.63, 3.8) is 0 Å². The third-order valence-electron chi connectivity index (χ3n) is 4.62. The van der Waals surface area contributed by atoms with Crippen molar-refractivity contribution in [3.8, 4) is 0 Å². The molecule has 2 heterocycles. The Balaban J connectivity index is 1.50. The molecule has 7 nitrogen and oxygen atoms in total. The van der Waals surface area contributed by atoms with Gasteiger partial charge >= 0.3 is 0 Å². The number of hydrogen-bond donors (Lipinski definition) is 2. The molecular formula is C19H27N5O2S2. The first-order chi connectivity index (χ1) is 13.4. The molecule has 9 heteroatoms. The Labute approximate surface area is 171 Å². The lowest BCUT2D eigenvalue weighted by molar-refractivity contribution is 0.591. The molecule has 0 saturated heterocycles. The number of aromatic nitrogens is 1. The first-order valence-electron chi connectivity index (χ1n) is 9.38. The number of fused-ring (bicyclic) bond motifs is 1. The Bertz CT molecular complexity index is 937. The van der Waals surface area contributed by atoms with Gasteiger partial charge in [-0.25, -0.2) is 13.4 Å². The summed E-state index contributed by atoms with van der Waals surface area (Å²) in [4.78, 5) is 8.74. The standard InChI is InChI=1S/C19H27N5O2S2/c1-14(2)16-13-27-18(23-16)12-22-19(20-3)21-9-11-28(25,26)24-10-8-15-6-4-5-7-17(15)24/h4-7,13-14H,8-12H2,1-3H3,(H2,20,21,22). The smallest absolute Gasteiger partial charge is 0.236 e. The first kappa shape index (κ1) is 20.6. The maximum atomic E-state index is 12.7. The monoisotopic (exact) mass is 421 g/mol. The van der Waals surface area contributed by atoms with E-state index in [2.05, 4.69) is 39.8 Å². The molecule has 3 rings (SSSR count). The molecule has 0 atom stereocenters. The average molecular weight is 422 g/mol. The van der Waals surface area contributed by atoms with E-state index in [9.17, 15) is 8.42 Å². The summed E-state index contributed by atoms with van der Waals surface area (Å²) in [6.45, 7) is 5.59. The van der Waals surface area contributed by atoms with Crippen molar-refractivity contribution in [1.82, 2.24) is 15.6 Å². The van der Waals surface area contributed by atoms with Crippen molar-refractivity contribution in [3.05, 3.63) is 45.9 Å². The molecule has 2 N–H and O–H groups in total. The van der Waals surface area contributed by atoms with Crippen molar-refractivity contribution >= 4 is 33.0 Å². The quantitative estimate of drug-likeness (QED) is 0.529. The predicted octanol–water partition coefficient (Wildman–Crippen LogP) is 2.32. The molecule has 0 amide bonds.